The summed E-state index contributed by atoms with van der Waals surface area (Å²) in [5, 5.41) is 6.92. The molecule has 1 amide bonds. The number of amides is 1. The molecular weight excluding hydrogens is 298 g/mol. The zero-order valence-electron chi connectivity index (χ0n) is 13.4. The Hall–Kier alpha value is -2.64. The van der Waals surface area contributed by atoms with Crippen LogP contribution in [0.15, 0.2) is 12.4 Å². The normalized spacial score (nSPS) is 17.3. The summed E-state index contributed by atoms with van der Waals surface area (Å²) in [5.74, 6) is 0.676. The van der Waals surface area contributed by atoms with E-state index in [4.69, 9.17) is 9.47 Å². The fourth-order valence-electron chi connectivity index (χ4n) is 2.72. The van der Waals surface area contributed by atoms with Crippen molar-refractivity contribution in [3.63, 3.8) is 0 Å². The van der Waals surface area contributed by atoms with Crippen molar-refractivity contribution in [1.82, 2.24) is 25.1 Å². The smallest absolute Gasteiger partial charge is 0.278 e. The molecule has 0 aliphatic carbocycles. The van der Waals surface area contributed by atoms with E-state index in [0.717, 1.165) is 12.1 Å². The number of hydrogen-bond acceptors (Lipinski definition) is 6. The van der Waals surface area contributed by atoms with Gasteiger partial charge < -0.3 is 14.4 Å². The first-order valence-electron chi connectivity index (χ1n) is 7.42. The first-order chi connectivity index (χ1) is 11.1. The fraction of sp³-hybridized carbons (Fsp3) is 0.467. The summed E-state index contributed by atoms with van der Waals surface area (Å²) < 4.78 is 11.0. The summed E-state index contributed by atoms with van der Waals surface area (Å²) in [4.78, 5) is 22.6. The standard InChI is InChI=1S/C15H19N5O3/c1-9-12(10(2)19-18-9)15(21)20-7-4-11(8-20)23-14-13(22-3)16-5-6-17-14/h5-6,11H,4,7-8H2,1-3H3,(H,18,19)/t11-/m1/s1. The second-order valence-electron chi connectivity index (χ2n) is 5.46. The molecule has 0 bridgehead atoms. The minimum Gasteiger partial charge on any atom is -0.477 e. The number of methoxy groups -OCH3 is 1. The van der Waals surface area contributed by atoms with Crippen LogP contribution in [0.25, 0.3) is 0 Å². The number of aromatic amines is 1. The van der Waals surface area contributed by atoms with E-state index in [1.165, 1.54) is 7.11 Å². The number of aromatic nitrogens is 4. The maximum atomic E-state index is 12.6. The van der Waals surface area contributed by atoms with E-state index in [2.05, 4.69) is 20.2 Å². The molecule has 1 N–H and O–H groups in total. The minimum absolute atomic E-state index is 0.0223. The highest BCUT2D eigenvalue weighted by molar-refractivity contribution is 5.96. The van der Waals surface area contributed by atoms with Crippen LogP contribution in [0.5, 0.6) is 11.8 Å². The lowest BCUT2D eigenvalue weighted by atomic mass is 10.2. The van der Waals surface area contributed by atoms with Gasteiger partial charge >= 0.3 is 0 Å². The van der Waals surface area contributed by atoms with Crippen LogP contribution in [-0.2, 0) is 0 Å². The molecule has 0 unspecified atom stereocenters. The number of H-pyrrole nitrogens is 1. The van der Waals surface area contributed by atoms with Crippen molar-refractivity contribution in [3.8, 4) is 11.8 Å². The van der Waals surface area contributed by atoms with Gasteiger partial charge in [-0.2, -0.15) is 5.10 Å². The predicted octanol–water partition coefficient (Wildman–Crippen LogP) is 1.12. The van der Waals surface area contributed by atoms with Gasteiger partial charge in [0.15, 0.2) is 0 Å². The van der Waals surface area contributed by atoms with Crippen molar-refractivity contribution in [2.45, 2.75) is 26.4 Å². The zero-order valence-corrected chi connectivity index (χ0v) is 13.4. The Bertz CT molecular complexity index is 695. The minimum atomic E-state index is -0.128. The summed E-state index contributed by atoms with van der Waals surface area (Å²) in [6.07, 6.45) is 3.70. The van der Waals surface area contributed by atoms with Crippen LogP contribution in [0.4, 0.5) is 0 Å². The van der Waals surface area contributed by atoms with Gasteiger partial charge in [-0.25, -0.2) is 9.97 Å². The van der Waals surface area contributed by atoms with Gasteiger partial charge in [0.25, 0.3) is 17.7 Å². The van der Waals surface area contributed by atoms with Crippen LogP contribution in [-0.4, -0.2) is 57.3 Å². The average molecular weight is 317 g/mol. The SMILES string of the molecule is COc1nccnc1O[C@@H]1CCN(C(=O)c2c(C)n[nH]c2C)C1. The lowest BCUT2D eigenvalue weighted by Gasteiger charge is -2.17. The molecule has 8 heteroatoms. The van der Waals surface area contributed by atoms with E-state index >= 15 is 0 Å². The molecule has 3 rings (SSSR count). The molecule has 1 saturated heterocycles. The average Bonchev–Trinajstić information content (AvgIpc) is 3.14. The van der Waals surface area contributed by atoms with Crippen LogP contribution in [0.3, 0.4) is 0 Å². The topological polar surface area (TPSA) is 93.2 Å². The Labute approximate surface area is 133 Å². The molecule has 0 spiro atoms. The van der Waals surface area contributed by atoms with Crippen LogP contribution in [0.2, 0.25) is 0 Å². The number of nitrogens with one attached hydrogen (secondary N) is 1. The molecule has 0 aromatic carbocycles. The number of rotatable bonds is 4. The molecule has 1 aliphatic heterocycles. The van der Waals surface area contributed by atoms with Gasteiger partial charge in [0.1, 0.15) is 6.10 Å². The van der Waals surface area contributed by atoms with Crippen molar-refractivity contribution in [2.75, 3.05) is 20.2 Å². The summed E-state index contributed by atoms with van der Waals surface area (Å²) in [5.41, 5.74) is 2.14. The first kappa shape index (κ1) is 15.3. The van der Waals surface area contributed by atoms with E-state index in [9.17, 15) is 4.79 Å². The van der Waals surface area contributed by atoms with E-state index in [1.807, 2.05) is 13.8 Å². The fourth-order valence-corrected chi connectivity index (χ4v) is 2.72. The summed E-state index contributed by atoms with van der Waals surface area (Å²) >= 11 is 0. The lowest BCUT2D eigenvalue weighted by molar-refractivity contribution is 0.0769. The molecule has 2 aromatic heterocycles. The second-order valence-corrected chi connectivity index (χ2v) is 5.46. The maximum absolute atomic E-state index is 12.6. The second kappa shape index (κ2) is 6.23. The van der Waals surface area contributed by atoms with Crippen LogP contribution >= 0.6 is 0 Å². The Morgan fingerprint density at radius 1 is 1.30 bits per heavy atom. The third-order valence-corrected chi connectivity index (χ3v) is 3.88. The summed E-state index contributed by atoms with van der Waals surface area (Å²) in [6, 6.07) is 0. The van der Waals surface area contributed by atoms with Crippen LogP contribution in [0.1, 0.15) is 28.2 Å². The van der Waals surface area contributed by atoms with Gasteiger partial charge in [0.2, 0.25) is 0 Å². The number of hydrogen-bond donors (Lipinski definition) is 1. The lowest BCUT2D eigenvalue weighted by Crippen LogP contribution is -2.31. The highest BCUT2D eigenvalue weighted by atomic mass is 16.5. The van der Waals surface area contributed by atoms with Gasteiger partial charge in [-0.3, -0.25) is 9.89 Å². The van der Waals surface area contributed by atoms with E-state index in [-0.39, 0.29) is 12.0 Å². The number of ether oxygens (including phenoxy) is 2. The quantitative estimate of drug-likeness (QED) is 0.908. The number of likely N-dealkylation sites (tertiary alicyclic amines) is 1. The molecule has 122 valence electrons. The molecular formula is C15H19N5O3. The number of carbonyl (C=O) groups is 1. The van der Waals surface area contributed by atoms with Crippen molar-refractivity contribution in [3.05, 3.63) is 29.3 Å². The highest BCUT2D eigenvalue weighted by Crippen LogP contribution is 2.25. The Morgan fingerprint density at radius 3 is 2.70 bits per heavy atom. The van der Waals surface area contributed by atoms with Gasteiger partial charge in [-0.05, 0) is 13.8 Å². The molecule has 2 aromatic rings. The molecule has 1 atom stereocenters. The van der Waals surface area contributed by atoms with Crippen molar-refractivity contribution in [1.29, 1.82) is 0 Å². The van der Waals surface area contributed by atoms with E-state index in [0.29, 0.717) is 36.1 Å². The molecule has 0 radical (unpaired) electrons. The molecule has 3 heterocycles. The summed E-state index contributed by atoms with van der Waals surface area (Å²) in [6.45, 7) is 4.81. The van der Waals surface area contributed by atoms with E-state index in [1.54, 1.807) is 17.3 Å². The van der Waals surface area contributed by atoms with Gasteiger partial charge in [-0.1, -0.05) is 0 Å². The molecule has 0 saturated carbocycles. The monoisotopic (exact) mass is 317 g/mol. The van der Waals surface area contributed by atoms with Gasteiger partial charge in [-0.15, -0.1) is 0 Å². The van der Waals surface area contributed by atoms with E-state index < -0.39 is 0 Å². The number of nitrogens with zero attached hydrogens (tertiary/aromatic N) is 4. The number of carbonyl (C=O) groups excluding carboxylic acids is 1. The number of aryl methyl sites for hydroxylation is 2. The van der Waals surface area contributed by atoms with Gasteiger partial charge in [0, 0.05) is 31.1 Å². The Kier molecular flexibility index (Phi) is 4.14. The molecule has 8 nitrogen and oxygen atoms in total. The highest BCUT2D eigenvalue weighted by Gasteiger charge is 2.31. The third kappa shape index (κ3) is 2.96. The largest absolute Gasteiger partial charge is 0.477 e. The first-order valence-corrected chi connectivity index (χ1v) is 7.42. The molecule has 23 heavy (non-hydrogen) atoms. The van der Waals surface area contributed by atoms with Crippen LogP contribution in [0, 0.1) is 13.8 Å². The molecule has 1 fully saturated rings. The Morgan fingerprint density at radius 2 is 2.04 bits per heavy atom. The van der Waals surface area contributed by atoms with Crippen molar-refractivity contribution >= 4 is 5.91 Å². The Balaban J connectivity index is 1.68. The zero-order chi connectivity index (χ0) is 16.4. The van der Waals surface area contributed by atoms with Crippen molar-refractivity contribution in [2.24, 2.45) is 0 Å². The van der Waals surface area contributed by atoms with Crippen LogP contribution < -0.4 is 9.47 Å². The maximum Gasteiger partial charge on any atom is 0.278 e. The predicted molar refractivity (Wildman–Crippen MR) is 81.6 cm³/mol. The third-order valence-electron chi connectivity index (χ3n) is 3.88. The van der Waals surface area contributed by atoms with Gasteiger partial charge in [0.05, 0.1) is 24.9 Å². The summed E-state index contributed by atoms with van der Waals surface area (Å²) in [7, 11) is 1.52. The molecule has 1 aliphatic rings. The van der Waals surface area contributed by atoms with Crippen molar-refractivity contribution < 1.29 is 14.3 Å².